The van der Waals surface area contributed by atoms with E-state index in [1.807, 2.05) is 17.0 Å². The third kappa shape index (κ3) is 3.19. The van der Waals surface area contributed by atoms with E-state index < -0.39 is 0 Å². The first-order valence-corrected chi connectivity index (χ1v) is 8.93. The molecule has 4 rings (SSSR count). The predicted octanol–water partition coefficient (Wildman–Crippen LogP) is 2.49. The van der Waals surface area contributed by atoms with E-state index in [2.05, 4.69) is 9.88 Å². The van der Waals surface area contributed by atoms with Gasteiger partial charge in [0.05, 0.1) is 13.2 Å². The Morgan fingerprint density at radius 2 is 2.08 bits per heavy atom. The number of anilines is 1. The van der Waals surface area contributed by atoms with Crippen molar-refractivity contribution in [2.45, 2.75) is 19.4 Å². The van der Waals surface area contributed by atoms with E-state index in [-0.39, 0.29) is 23.7 Å². The summed E-state index contributed by atoms with van der Waals surface area (Å²) in [7, 11) is 0. The standard InChI is InChI=1S/C19H22FN3O3/c1-13-18(21-12-26-13)19(24)22-7-6-17-14(10-22)11-25-9-8-23(17)16-4-2-15(20)3-5-16/h2-5,12,14,17H,6-11H2,1H3/t14-,17+/m1/s1. The first kappa shape index (κ1) is 17.0. The number of hydrogen-bond acceptors (Lipinski definition) is 5. The van der Waals surface area contributed by atoms with Crippen molar-refractivity contribution in [1.82, 2.24) is 9.88 Å². The maximum atomic E-state index is 13.3. The van der Waals surface area contributed by atoms with E-state index in [1.54, 1.807) is 6.92 Å². The van der Waals surface area contributed by atoms with Crippen LogP contribution in [-0.2, 0) is 4.74 Å². The highest BCUT2D eigenvalue weighted by molar-refractivity contribution is 5.93. The van der Waals surface area contributed by atoms with Gasteiger partial charge < -0.3 is 19.0 Å². The molecule has 26 heavy (non-hydrogen) atoms. The van der Waals surface area contributed by atoms with Crippen LogP contribution < -0.4 is 4.90 Å². The van der Waals surface area contributed by atoms with Crippen LogP contribution in [-0.4, -0.2) is 54.7 Å². The molecule has 1 aromatic heterocycles. The Balaban J connectivity index is 1.52. The van der Waals surface area contributed by atoms with E-state index in [9.17, 15) is 9.18 Å². The monoisotopic (exact) mass is 359 g/mol. The fourth-order valence-corrected chi connectivity index (χ4v) is 3.96. The quantitative estimate of drug-likeness (QED) is 0.825. The Morgan fingerprint density at radius 3 is 2.81 bits per heavy atom. The number of fused-ring (bicyclic) bond motifs is 1. The Bertz CT molecular complexity index is 777. The lowest BCUT2D eigenvalue weighted by Gasteiger charge is -2.42. The molecule has 0 bridgehead atoms. The van der Waals surface area contributed by atoms with Gasteiger partial charge in [0, 0.05) is 37.3 Å². The van der Waals surface area contributed by atoms with Crippen molar-refractivity contribution < 1.29 is 18.3 Å². The Hall–Kier alpha value is -2.41. The van der Waals surface area contributed by atoms with Crippen LogP contribution in [0.5, 0.6) is 0 Å². The summed E-state index contributed by atoms with van der Waals surface area (Å²) in [5, 5.41) is 0. The lowest BCUT2D eigenvalue weighted by molar-refractivity contribution is 0.0515. The summed E-state index contributed by atoms with van der Waals surface area (Å²) in [6.45, 7) is 5.03. The minimum atomic E-state index is -0.236. The average Bonchev–Trinajstić information content (AvgIpc) is 2.97. The normalized spacial score (nSPS) is 23.5. The van der Waals surface area contributed by atoms with Crippen LogP contribution in [0.3, 0.4) is 0 Å². The van der Waals surface area contributed by atoms with Gasteiger partial charge in [-0.05, 0) is 37.6 Å². The molecule has 2 saturated heterocycles. The van der Waals surface area contributed by atoms with Gasteiger partial charge in [-0.15, -0.1) is 0 Å². The summed E-state index contributed by atoms with van der Waals surface area (Å²) in [4.78, 5) is 20.9. The van der Waals surface area contributed by atoms with E-state index in [0.29, 0.717) is 37.8 Å². The number of likely N-dealkylation sites (tertiary alicyclic amines) is 1. The van der Waals surface area contributed by atoms with Crippen molar-refractivity contribution in [3.05, 3.63) is 47.9 Å². The minimum absolute atomic E-state index is 0.0905. The molecule has 3 heterocycles. The zero-order chi connectivity index (χ0) is 18.1. The van der Waals surface area contributed by atoms with E-state index in [4.69, 9.17) is 9.15 Å². The molecule has 2 aromatic rings. The topological polar surface area (TPSA) is 58.8 Å². The number of aryl methyl sites for hydroxylation is 1. The zero-order valence-corrected chi connectivity index (χ0v) is 14.7. The number of rotatable bonds is 2. The highest BCUT2D eigenvalue weighted by Crippen LogP contribution is 2.30. The van der Waals surface area contributed by atoms with Crippen LogP contribution in [0, 0.1) is 18.7 Å². The fourth-order valence-electron chi connectivity index (χ4n) is 3.96. The molecule has 6 nitrogen and oxygen atoms in total. The minimum Gasteiger partial charge on any atom is -0.448 e. The number of carbonyl (C=O) groups is 1. The molecule has 1 amide bonds. The van der Waals surface area contributed by atoms with Crippen molar-refractivity contribution in [1.29, 1.82) is 0 Å². The van der Waals surface area contributed by atoms with Crippen molar-refractivity contribution in [2.75, 3.05) is 37.7 Å². The molecule has 2 aliphatic rings. The highest BCUT2D eigenvalue weighted by Gasteiger charge is 2.37. The molecule has 1 aromatic carbocycles. The molecule has 0 N–H and O–H groups in total. The number of halogens is 1. The predicted molar refractivity (Wildman–Crippen MR) is 93.6 cm³/mol. The molecule has 2 aliphatic heterocycles. The highest BCUT2D eigenvalue weighted by atomic mass is 19.1. The Morgan fingerprint density at radius 1 is 1.27 bits per heavy atom. The number of piperidine rings is 1. The van der Waals surface area contributed by atoms with Crippen molar-refractivity contribution in [2.24, 2.45) is 5.92 Å². The van der Waals surface area contributed by atoms with Crippen molar-refractivity contribution in [3.8, 4) is 0 Å². The lowest BCUT2D eigenvalue weighted by atomic mass is 9.91. The summed E-state index contributed by atoms with van der Waals surface area (Å²) in [6, 6.07) is 6.87. The zero-order valence-electron chi connectivity index (χ0n) is 14.7. The van der Waals surface area contributed by atoms with Crippen LogP contribution in [0.15, 0.2) is 35.1 Å². The maximum Gasteiger partial charge on any atom is 0.276 e. The summed E-state index contributed by atoms with van der Waals surface area (Å²) in [5.41, 5.74) is 1.38. The largest absolute Gasteiger partial charge is 0.448 e. The van der Waals surface area contributed by atoms with Gasteiger partial charge in [-0.3, -0.25) is 4.79 Å². The van der Waals surface area contributed by atoms with Crippen molar-refractivity contribution in [3.63, 3.8) is 0 Å². The fraction of sp³-hybridized carbons (Fsp3) is 0.474. The molecule has 0 saturated carbocycles. The van der Waals surface area contributed by atoms with Crippen LogP contribution >= 0.6 is 0 Å². The summed E-state index contributed by atoms with van der Waals surface area (Å²) in [5.74, 6) is 0.418. The first-order valence-electron chi connectivity index (χ1n) is 8.93. The number of oxazole rings is 1. The van der Waals surface area contributed by atoms with E-state index in [1.165, 1.54) is 18.5 Å². The second-order valence-corrected chi connectivity index (χ2v) is 6.87. The SMILES string of the molecule is Cc1ocnc1C(=O)N1CC[C@H]2[C@@H](COCCN2c2ccc(F)cc2)C1. The molecule has 2 fully saturated rings. The third-order valence-electron chi connectivity index (χ3n) is 5.30. The molecule has 2 atom stereocenters. The summed E-state index contributed by atoms with van der Waals surface area (Å²) < 4.78 is 24.2. The van der Waals surface area contributed by atoms with Gasteiger partial charge in [-0.2, -0.15) is 0 Å². The summed E-state index contributed by atoms with van der Waals surface area (Å²) in [6.07, 6.45) is 2.15. The Kier molecular flexibility index (Phi) is 4.63. The van der Waals surface area contributed by atoms with Gasteiger partial charge in [0.25, 0.3) is 5.91 Å². The van der Waals surface area contributed by atoms with Gasteiger partial charge in [-0.1, -0.05) is 0 Å². The van der Waals surface area contributed by atoms with Crippen LogP contribution in [0.4, 0.5) is 10.1 Å². The second-order valence-electron chi connectivity index (χ2n) is 6.87. The number of amides is 1. The number of ether oxygens (including phenoxy) is 1. The van der Waals surface area contributed by atoms with Gasteiger partial charge in [0.15, 0.2) is 12.1 Å². The molecule has 0 spiro atoms. The molecule has 7 heteroatoms. The average molecular weight is 359 g/mol. The molecular weight excluding hydrogens is 337 g/mol. The van der Waals surface area contributed by atoms with E-state index >= 15 is 0 Å². The molecule has 138 valence electrons. The summed E-state index contributed by atoms with van der Waals surface area (Å²) >= 11 is 0. The van der Waals surface area contributed by atoms with Crippen molar-refractivity contribution >= 4 is 11.6 Å². The van der Waals surface area contributed by atoms with Crippen LogP contribution in [0.1, 0.15) is 22.7 Å². The van der Waals surface area contributed by atoms with Crippen LogP contribution in [0.2, 0.25) is 0 Å². The third-order valence-corrected chi connectivity index (χ3v) is 5.30. The maximum absolute atomic E-state index is 13.3. The van der Waals surface area contributed by atoms with Gasteiger partial charge in [0.1, 0.15) is 11.6 Å². The number of aromatic nitrogens is 1. The Labute approximate surface area is 151 Å². The van der Waals surface area contributed by atoms with E-state index in [0.717, 1.165) is 18.7 Å². The molecule has 0 aliphatic carbocycles. The van der Waals surface area contributed by atoms with Gasteiger partial charge in [-0.25, -0.2) is 9.37 Å². The number of carbonyl (C=O) groups excluding carboxylic acids is 1. The number of benzene rings is 1. The first-order chi connectivity index (χ1) is 12.6. The molecule has 0 unspecified atom stereocenters. The number of hydrogen-bond donors (Lipinski definition) is 0. The molecule has 0 radical (unpaired) electrons. The smallest absolute Gasteiger partial charge is 0.276 e. The van der Waals surface area contributed by atoms with Crippen LogP contribution in [0.25, 0.3) is 0 Å². The molecular formula is C19H22FN3O3. The van der Waals surface area contributed by atoms with Gasteiger partial charge >= 0.3 is 0 Å². The number of nitrogens with zero attached hydrogens (tertiary/aromatic N) is 3. The second kappa shape index (κ2) is 7.07. The van der Waals surface area contributed by atoms with Gasteiger partial charge in [0.2, 0.25) is 0 Å². The lowest BCUT2D eigenvalue weighted by Crippen LogP contribution is -2.53.